The fourth-order valence-corrected chi connectivity index (χ4v) is 5.50. The van der Waals surface area contributed by atoms with Crippen molar-refractivity contribution < 1.29 is 65.9 Å². The standard InChI is InChI=1S/C32H20BF15N/c1-11(32(2,3)4)49-13(12-8-6-5-7-9-12)10-33(14-17(34)23(40)29(46)24(41)18(14)35,15-19(36)25(42)30(47)26(43)20(15)37)16-21(38)27(44)31(48)28(45)22(16)39/h5-9,11H,10H2,1-4H3/q-1/t11-/m0/s1. The molecule has 4 aromatic rings. The molecule has 0 spiro atoms. The predicted octanol–water partition coefficient (Wildman–Crippen LogP) is 8.17. The average molecular weight is 714 g/mol. The normalized spacial score (nSPS) is 13.3. The van der Waals surface area contributed by atoms with E-state index in [-0.39, 0.29) is 5.56 Å². The van der Waals surface area contributed by atoms with Crippen LogP contribution in [0.25, 0.3) is 0 Å². The van der Waals surface area contributed by atoms with Crippen molar-refractivity contribution in [3.63, 3.8) is 0 Å². The zero-order valence-corrected chi connectivity index (χ0v) is 25.4. The van der Waals surface area contributed by atoms with E-state index in [2.05, 4.69) is 4.99 Å². The van der Waals surface area contributed by atoms with Crippen molar-refractivity contribution in [2.24, 2.45) is 10.4 Å². The first-order valence-corrected chi connectivity index (χ1v) is 14.0. The second-order valence-electron chi connectivity index (χ2n) is 12.2. The number of hydrogen-bond donors (Lipinski definition) is 0. The molecule has 0 heterocycles. The molecule has 1 atom stereocenters. The second kappa shape index (κ2) is 13.1. The van der Waals surface area contributed by atoms with E-state index in [1.807, 2.05) is 0 Å². The van der Waals surface area contributed by atoms with E-state index in [9.17, 15) is 39.5 Å². The Morgan fingerprint density at radius 1 is 0.490 bits per heavy atom. The molecule has 0 aromatic heterocycles. The predicted molar refractivity (Wildman–Crippen MR) is 150 cm³/mol. The maximum Gasteiger partial charge on any atom is 0.200 e. The van der Waals surface area contributed by atoms with Gasteiger partial charge in [-0.15, -0.1) is 22.7 Å². The Morgan fingerprint density at radius 2 is 0.755 bits per heavy atom. The van der Waals surface area contributed by atoms with Gasteiger partial charge in [0.25, 0.3) is 0 Å². The molecule has 0 bridgehead atoms. The molecule has 0 N–H and O–H groups in total. The van der Waals surface area contributed by atoms with Crippen LogP contribution in [0.3, 0.4) is 0 Å². The molecule has 4 aromatic carbocycles. The fraction of sp³-hybridized carbons (Fsp3) is 0.219. The summed E-state index contributed by atoms with van der Waals surface area (Å²) in [5, 5.41) is 0. The summed E-state index contributed by atoms with van der Waals surface area (Å²) in [4.78, 5) is 4.26. The smallest absolute Gasteiger partial charge is 0.200 e. The Balaban J connectivity index is 2.49. The summed E-state index contributed by atoms with van der Waals surface area (Å²) >= 11 is 0. The third kappa shape index (κ3) is 5.94. The third-order valence-electron chi connectivity index (χ3n) is 8.42. The molecule has 0 saturated heterocycles. The maximum absolute atomic E-state index is 15.9. The molecule has 4 rings (SSSR count). The molecule has 262 valence electrons. The van der Waals surface area contributed by atoms with Gasteiger partial charge in [-0.1, -0.05) is 51.1 Å². The minimum Gasteiger partial charge on any atom is -0.289 e. The maximum atomic E-state index is 15.9. The van der Waals surface area contributed by atoms with E-state index in [0.29, 0.717) is 0 Å². The lowest BCUT2D eigenvalue weighted by Gasteiger charge is -2.44. The number of hydrogen-bond acceptors (Lipinski definition) is 1. The second-order valence-corrected chi connectivity index (χ2v) is 12.2. The molecule has 1 nitrogen and oxygen atoms in total. The van der Waals surface area contributed by atoms with Crippen LogP contribution in [0.2, 0.25) is 6.32 Å². The van der Waals surface area contributed by atoms with Crippen molar-refractivity contribution in [3.05, 3.63) is 123 Å². The quantitative estimate of drug-likeness (QED) is 0.0603. The van der Waals surface area contributed by atoms with E-state index in [4.69, 9.17) is 0 Å². The lowest BCUT2D eigenvalue weighted by atomic mass is 9.13. The highest BCUT2D eigenvalue weighted by molar-refractivity contribution is 7.13. The molecule has 0 amide bonds. The fourth-order valence-electron chi connectivity index (χ4n) is 5.50. The summed E-state index contributed by atoms with van der Waals surface area (Å²) in [5.74, 6) is -45.6. The minimum atomic E-state index is -5.79. The Morgan fingerprint density at radius 3 is 1.02 bits per heavy atom. The number of halogens is 15. The van der Waals surface area contributed by atoms with E-state index in [0.717, 1.165) is 12.1 Å². The third-order valence-corrected chi connectivity index (χ3v) is 8.42. The summed E-state index contributed by atoms with van der Waals surface area (Å²) in [6.07, 6.45) is -7.77. The van der Waals surface area contributed by atoms with Crippen molar-refractivity contribution in [1.82, 2.24) is 0 Å². The van der Waals surface area contributed by atoms with Crippen LogP contribution in [-0.2, 0) is 0 Å². The molecule has 0 unspecified atom stereocenters. The van der Waals surface area contributed by atoms with Crippen molar-refractivity contribution in [2.75, 3.05) is 0 Å². The minimum absolute atomic E-state index is 0.290. The van der Waals surface area contributed by atoms with Gasteiger partial charge in [-0.2, -0.15) is 0 Å². The first-order valence-electron chi connectivity index (χ1n) is 14.0. The van der Waals surface area contributed by atoms with Crippen LogP contribution in [-0.4, -0.2) is 17.9 Å². The molecule has 0 radical (unpaired) electrons. The van der Waals surface area contributed by atoms with E-state index in [1.54, 1.807) is 20.8 Å². The first kappa shape index (κ1) is 37.4. The lowest BCUT2D eigenvalue weighted by Crippen LogP contribution is -2.74. The van der Waals surface area contributed by atoms with Crippen LogP contribution in [0.4, 0.5) is 65.9 Å². The van der Waals surface area contributed by atoms with Crippen LogP contribution in [0.15, 0.2) is 35.3 Å². The topological polar surface area (TPSA) is 12.4 Å². The van der Waals surface area contributed by atoms with Crippen LogP contribution in [0.1, 0.15) is 33.3 Å². The molecular weight excluding hydrogens is 694 g/mol. The molecule has 0 fully saturated rings. The van der Waals surface area contributed by atoms with Gasteiger partial charge in [0.2, 0.25) is 0 Å². The van der Waals surface area contributed by atoms with Gasteiger partial charge in [-0.3, -0.25) is 4.99 Å². The Hall–Kier alpha value is -4.44. The van der Waals surface area contributed by atoms with Crippen LogP contribution >= 0.6 is 0 Å². The molecule has 17 heteroatoms. The molecule has 49 heavy (non-hydrogen) atoms. The van der Waals surface area contributed by atoms with Gasteiger partial charge in [0.05, 0.1) is 6.04 Å². The monoisotopic (exact) mass is 714 g/mol. The number of aliphatic imine (C=N–C) groups is 1. The van der Waals surface area contributed by atoms with Crippen molar-refractivity contribution >= 4 is 28.2 Å². The zero-order valence-electron chi connectivity index (χ0n) is 25.4. The van der Waals surface area contributed by atoms with Gasteiger partial charge in [-0.05, 0) is 17.9 Å². The highest BCUT2D eigenvalue weighted by Gasteiger charge is 2.48. The summed E-state index contributed by atoms with van der Waals surface area (Å²) in [6.45, 7) is 5.98. The summed E-state index contributed by atoms with van der Waals surface area (Å²) < 4.78 is 228. The van der Waals surface area contributed by atoms with Crippen LogP contribution < -0.4 is 16.4 Å². The van der Waals surface area contributed by atoms with Gasteiger partial charge in [0.1, 0.15) is 41.0 Å². The van der Waals surface area contributed by atoms with Crippen LogP contribution in [0.5, 0.6) is 0 Å². The van der Waals surface area contributed by atoms with Gasteiger partial charge < -0.3 is 0 Å². The highest BCUT2D eigenvalue weighted by Crippen LogP contribution is 2.32. The molecule has 0 aliphatic carbocycles. The van der Waals surface area contributed by atoms with E-state index >= 15 is 26.3 Å². The van der Waals surface area contributed by atoms with E-state index in [1.165, 1.54) is 25.1 Å². The number of benzene rings is 4. The first-order chi connectivity index (χ1) is 22.6. The molecule has 0 aliphatic rings. The van der Waals surface area contributed by atoms with E-state index < -0.39 is 133 Å². The molecule has 0 aliphatic heterocycles. The SMILES string of the molecule is C[C@H](N=C(C[B-](c1c(F)c(F)c(F)c(F)c1F)(c1c(F)c(F)c(F)c(F)c1F)c1c(F)c(F)c(F)c(F)c1F)c1ccccc1)C(C)(C)C. The zero-order chi connectivity index (χ0) is 37.1. The largest absolute Gasteiger partial charge is 0.289 e. The summed E-state index contributed by atoms with van der Waals surface area (Å²) in [6, 6.07) is 4.98. The van der Waals surface area contributed by atoms with Crippen molar-refractivity contribution in [1.29, 1.82) is 0 Å². The number of nitrogens with zero attached hydrogens (tertiary/aromatic N) is 1. The van der Waals surface area contributed by atoms with Gasteiger partial charge in [0.15, 0.2) is 52.4 Å². The average Bonchev–Trinajstić information content (AvgIpc) is 3.06. The van der Waals surface area contributed by atoms with Crippen molar-refractivity contribution in [2.45, 2.75) is 40.1 Å². The van der Waals surface area contributed by atoms with Gasteiger partial charge >= 0.3 is 0 Å². The van der Waals surface area contributed by atoms with Gasteiger partial charge in [-0.25, -0.2) is 65.9 Å². The Bertz CT molecular complexity index is 1750. The van der Waals surface area contributed by atoms with Crippen LogP contribution in [0, 0.1) is 92.7 Å². The molecule has 0 saturated carbocycles. The lowest BCUT2D eigenvalue weighted by molar-refractivity contribution is 0.342. The summed E-state index contributed by atoms with van der Waals surface area (Å²) in [5.41, 5.74) is -10.0. The van der Waals surface area contributed by atoms with Crippen molar-refractivity contribution in [3.8, 4) is 0 Å². The Kier molecular flexibility index (Phi) is 10.0. The van der Waals surface area contributed by atoms with Gasteiger partial charge in [0, 0.05) is 5.71 Å². The summed E-state index contributed by atoms with van der Waals surface area (Å²) in [7, 11) is 0. The number of rotatable bonds is 7. The highest BCUT2D eigenvalue weighted by atomic mass is 19.2. The Labute approximate surface area is 268 Å². The molecular formula is C32H20BF15N-.